The Labute approximate surface area is 147 Å². The van der Waals surface area contributed by atoms with E-state index in [1.807, 2.05) is 30.3 Å². The highest BCUT2D eigenvalue weighted by molar-refractivity contribution is 7.98. The summed E-state index contributed by atoms with van der Waals surface area (Å²) < 4.78 is 0. The smallest absolute Gasteiger partial charge is 0.0843 e. The third-order valence-electron chi connectivity index (χ3n) is 3.91. The van der Waals surface area contributed by atoms with Gasteiger partial charge in [0.2, 0.25) is 0 Å². The van der Waals surface area contributed by atoms with Crippen LogP contribution in [-0.2, 0) is 0 Å². The SMILES string of the molecule is C=C[P+](c1ccccc1)(c1ccc(Cl)cc1)c1ccc(Cl)cc1. The second-order valence-electron chi connectivity index (χ2n) is 5.19. The van der Waals surface area contributed by atoms with E-state index in [2.05, 4.69) is 60.9 Å². The van der Waals surface area contributed by atoms with Gasteiger partial charge in [-0.3, -0.25) is 0 Å². The zero-order valence-electron chi connectivity index (χ0n) is 12.5. The van der Waals surface area contributed by atoms with Crippen LogP contribution in [0.5, 0.6) is 0 Å². The summed E-state index contributed by atoms with van der Waals surface area (Å²) in [6.07, 6.45) is 0. The molecular weight excluding hydrogens is 342 g/mol. The van der Waals surface area contributed by atoms with E-state index in [1.54, 1.807) is 0 Å². The van der Waals surface area contributed by atoms with Crippen molar-refractivity contribution >= 4 is 46.4 Å². The fraction of sp³-hybridized carbons (Fsp3) is 0. The van der Waals surface area contributed by atoms with E-state index in [1.165, 1.54) is 15.9 Å². The number of benzene rings is 3. The third-order valence-corrected chi connectivity index (χ3v) is 8.29. The molecule has 0 nitrogen and oxygen atoms in total. The van der Waals surface area contributed by atoms with Crippen molar-refractivity contribution < 1.29 is 0 Å². The second kappa shape index (κ2) is 6.89. The molecule has 0 spiro atoms. The van der Waals surface area contributed by atoms with Crippen LogP contribution in [0, 0.1) is 0 Å². The highest BCUT2D eigenvalue weighted by Crippen LogP contribution is 2.56. The first-order valence-corrected chi connectivity index (χ1v) is 9.88. The Morgan fingerprint density at radius 3 is 1.39 bits per heavy atom. The van der Waals surface area contributed by atoms with Crippen molar-refractivity contribution in [3.63, 3.8) is 0 Å². The highest BCUT2D eigenvalue weighted by atomic mass is 35.5. The van der Waals surface area contributed by atoms with Crippen LogP contribution in [0.2, 0.25) is 10.0 Å². The summed E-state index contributed by atoms with van der Waals surface area (Å²) in [6, 6.07) is 26.6. The van der Waals surface area contributed by atoms with Crippen molar-refractivity contribution in [1.82, 2.24) is 0 Å². The average Bonchev–Trinajstić information content (AvgIpc) is 2.60. The van der Waals surface area contributed by atoms with Crippen LogP contribution in [0.3, 0.4) is 0 Å². The van der Waals surface area contributed by atoms with Gasteiger partial charge in [0.15, 0.2) is 0 Å². The molecule has 0 amide bonds. The molecule has 0 atom stereocenters. The predicted octanol–water partition coefficient (Wildman–Crippen LogP) is 5.43. The Bertz CT molecular complexity index is 748. The fourth-order valence-electron chi connectivity index (χ4n) is 2.78. The van der Waals surface area contributed by atoms with Crippen molar-refractivity contribution in [2.75, 3.05) is 0 Å². The van der Waals surface area contributed by atoms with E-state index in [-0.39, 0.29) is 0 Å². The molecule has 0 aromatic heterocycles. The zero-order chi connectivity index (χ0) is 16.3. The maximum Gasteiger partial charge on any atom is 0.136 e. The number of halogens is 2. The van der Waals surface area contributed by atoms with Crippen LogP contribution >= 0.6 is 30.5 Å². The summed E-state index contributed by atoms with van der Waals surface area (Å²) in [4.78, 5) is 0. The van der Waals surface area contributed by atoms with Crippen molar-refractivity contribution in [2.45, 2.75) is 0 Å². The Balaban J connectivity index is 2.29. The minimum Gasteiger partial charge on any atom is -0.0843 e. The first kappa shape index (κ1) is 16.3. The van der Waals surface area contributed by atoms with Crippen LogP contribution in [0.15, 0.2) is 91.3 Å². The maximum atomic E-state index is 6.09. The van der Waals surface area contributed by atoms with Gasteiger partial charge in [-0.25, -0.2) is 0 Å². The van der Waals surface area contributed by atoms with Crippen LogP contribution < -0.4 is 15.9 Å². The molecular formula is C20H16Cl2P+. The quantitative estimate of drug-likeness (QED) is 0.546. The lowest BCUT2D eigenvalue weighted by Gasteiger charge is -2.23. The van der Waals surface area contributed by atoms with Gasteiger partial charge in [0, 0.05) is 10.0 Å². The van der Waals surface area contributed by atoms with Gasteiger partial charge in [-0.2, -0.15) is 0 Å². The van der Waals surface area contributed by atoms with Crippen molar-refractivity contribution in [2.24, 2.45) is 0 Å². The molecule has 3 aromatic carbocycles. The minimum atomic E-state index is -1.93. The zero-order valence-corrected chi connectivity index (χ0v) is 14.9. The van der Waals surface area contributed by atoms with Gasteiger partial charge in [-0.1, -0.05) is 48.0 Å². The fourth-order valence-corrected chi connectivity index (χ4v) is 6.44. The largest absolute Gasteiger partial charge is 0.136 e. The predicted molar refractivity (Wildman–Crippen MR) is 105 cm³/mol. The van der Waals surface area contributed by atoms with Gasteiger partial charge in [0.1, 0.15) is 23.2 Å². The summed E-state index contributed by atoms with van der Waals surface area (Å²) in [5.41, 5.74) is 0. The molecule has 0 N–H and O–H groups in total. The Morgan fingerprint density at radius 2 is 1.00 bits per heavy atom. The summed E-state index contributed by atoms with van der Waals surface area (Å²) in [6.45, 7) is 4.19. The molecule has 0 heterocycles. The van der Waals surface area contributed by atoms with Crippen LogP contribution in [0.25, 0.3) is 0 Å². The monoisotopic (exact) mass is 357 g/mol. The molecule has 0 saturated carbocycles. The molecule has 0 radical (unpaired) electrons. The molecule has 0 saturated heterocycles. The van der Waals surface area contributed by atoms with Crippen LogP contribution in [0.1, 0.15) is 0 Å². The Hall–Kier alpha value is -1.59. The maximum absolute atomic E-state index is 6.09. The van der Waals surface area contributed by atoms with E-state index >= 15 is 0 Å². The van der Waals surface area contributed by atoms with Crippen LogP contribution in [-0.4, -0.2) is 0 Å². The van der Waals surface area contributed by atoms with E-state index in [0.29, 0.717) is 0 Å². The molecule has 3 aromatic rings. The third kappa shape index (κ3) is 3.08. The van der Waals surface area contributed by atoms with Crippen molar-refractivity contribution in [1.29, 1.82) is 0 Å². The lowest BCUT2D eigenvalue weighted by molar-refractivity contribution is 1.72. The molecule has 3 rings (SSSR count). The van der Waals surface area contributed by atoms with Crippen LogP contribution in [0.4, 0.5) is 0 Å². The molecule has 0 unspecified atom stereocenters. The van der Waals surface area contributed by atoms with Gasteiger partial charge >= 0.3 is 0 Å². The lowest BCUT2D eigenvalue weighted by Crippen LogP contribution is -2.29. The molecule has 0 fully saturated rings. The normalized spacial score (nSPS) is 11.2. The lowest BCUT2D eigenvalue weighted by atomic mass is 10.3. The molecule has 0 aliphatic heterocycles. The van der Waals surface area contributed by atoms with E-state index in [4.69, 9.17) is 23.2 Å². The first-order chi connectivity index (χ1) is 11.2. The summed E-state index contributed by atoms with van der Waals surface area (Å²) in [7, 11) is -1.93. The van der Waals surface area contributed by atoms with Gasteiger partial charge in [-0.05, 0) is 60.7 Å². The summed E-state index contributed by atoms with van der Waals surface area (Å²) in [5, 5.41) is 5.19. The molecule has 0 aliphatic rings. The van der Waals surface area contributed by atoms with Gasteiger partial charge in [-0.15, -0.1) is 0 Å². The van der Waals surface area contributed by atoms with E-state index < -0.39 is 7.26 Å². The Morgan fingerprint density at radius 1 is 0.609 bits per heavy atom. The minimum absolute atomic E-state index is 0.736. The van der Waals surface area contributed by atoms with Crippen molar-refractivity contribution in [3.05, 3.63) is 101 Å². The number of hydrogen-bond donors (Lipinski definition) is 0. The molecule has 23 heavy (non-hydrogen) atoms. The van der Waals surface area contributed by atoms with Gasteiger partial charge in [0.05, 0.1) is 5.82 Å². The summed E-state index contributed by atoms with van der Waals surface area (Å²) in [5.74, 6) is 2.09. The topological polar surface area (TPSA) is 0 Å². The summed E-state index contributed by atoms with van der Waals surface area (Å²) >= 11 is 12.2. The molecule has 0 aliphatic carbocycles. The molecule has 114 valence electrons. The molecule has 0 bridgehead atoms. The number of rotatable bonds is 4. The molecule has 3 heteroatoms. The van der Waals surface area contributed by atoms with Gasteiger partial charge < -0.3 is 0 Å². The van der Waals surface area contributed by atoms with E-state index in [9.17, 15) is 0 Å². The average molecular weight is 358 g/mol. The second-order valence-corrected chi connectivity index (χ2v) is 9.43. The Kier molecular flexibility index (Phi) is 4.87. The van der Waals surface area contributed by atoms with E-state index in [0.717, 1.165) is 10.0 Å². The standard InChI is InChI=1S/C20H16Cl2P/c1-2-23(18-6-4-3-5-7-18,19-12-8-16(21)9-13-19)20-14-10-17(22)11-15-20/h2-15H,1H2/q+1. The van der Waals surface area contributed by atoms with Gasteiger partial charge in [0.25, 0.3) is 0 Å². The highest BCUT2D eigenvalue weighted by Gasteiger charge is 2.42. The number of hydrogen-bond acceptors (Lipinski definition) is 0. The van der Waals surface area contributed by atoms with Crippen molar-refractivity contribution in [3.8, 4) is 0 Å². The first-order valence-electron chi connectivity index (χ1n) is 7.27.